The molecule has 0 bridgehead atoms. The lowest BCUT2D eigenvalue weighted by molar-refractivity contribution is 0.102. The van der Waals surface area contributed by atoms with Gasteiger partial charge in [-0.1, -0.05) is 0 Å². The fourth-order valence-corrected chi connectivity index (χ4v) is 3.32. The number of anilines is 1. The first-order valence-corrected chi connectivity index (χ1v) is 7.31. The highest BCUT2D eigenvalue weighted by Gasteiger charge is 2.19. The van der Waals surface area contributed by atoms with E-state index in [2.05, 4.69) is 10.6 Å². The van der Waals surface area contributed by atoms with E-state index in [4.69, 9.17) is 8.85 Å². The third-order valence-electron chi connectivity index (χ3n) is 3.36. The van der Waals surface area contributed by atoms with Gasteiger partial charge in [0.2, 0.25) is 0 Å². The molecule has 110 valence electrons. The number of methoxy groups -OCH3 is 1. The van der Waals surface area contributed by atoms with Gasteiger partial charge < -0.3 is 15.4 Å². The first-order chi connectivity index (χ1) is 11.3. The Hall–Kier alpha value is -1.92. The van der Waals surface area contributed by atoms with Crippen molar-refractivity contribution in [3.8, 4) is 5.75 Å². The van der Waals surface area contributed by atoms with E-state index < -0.39 is 18.8 Å². The van der Waals surface area contributed by atoms with Gasteiger partial charge in [0.15, 0.2) is 0 Å². The Morgan fingerprint density at radius 2 is 2.48 bits per heavy atom. The lowest BCUT2D eigenvalue weighted by Gasteiger charge is -2.15. The van der Waals surface area contributed by atoms with Crippen molar-refractivity contribution in [1.29, 1.82) is 0 Å². The molecule has 2 N–H and O–H groups in total. The Morgan fingerprint density at radius 3 is 3.33 bits per heavy atom. The second-order valence-electron chi connectivity index (χ2n) is 4.67. The largest absolute Gasteiger partial charge is 0.496 e. The molecule has 0 saturated carbocycles. The molecule has 0 radical (unpaired) electrons. The summed E-state index contributed by atoms with van der Waals surface area (Å²) >= 11 is 1.53. The highest BCUT2D eigenvalue weighted by Crippen LogP contribution is 2.30. The van der Waals surface area contributed by atoms with E-state index in [-0.39, 0.29) is 11.3 Å². The van der Waals surface area contributed by atoms with Crippen molar-refractivity contribution in [2.75, 3.05) is 18.9 Å². The van der Waals surface area contributed by atoms with Crippen LogP contribution in [0.5, 0.6) is 5.75 Å². The number of amides is 1. The maximum absolute atomic E-state index is 13.5. The van der Waals surface area contributed by atoms with Crippen LogP contribution in [0.4, 0.5) is 10.1 Å². The third kappa shape index (κ3) is 2.77. The first kappa shape index (κ1) is 10.8. The summed E-state index contributed by atoms with van der Waals surface area (Å²) in [5, 5.41) is 7.81. The number of fused-ring (bicyclic) bond motifs is 1. The van der Waals surface area contributed by atoms with Crippen molar-refractivity contribution in [3.63, 3.8) is 0 Å². The van der Waals surface area contributed by atoms with Crippen molar-refractivity contribution in [1.82, 2.24) is 5.32 Å². The number of nitrogens with one attached hydrogen (secondary N) is 2. The van der Waals surface area contributed by atoms with Crippen molar-refractivity contribution in [2.24, 2.45) is 0 Å². The SMILES string of the molecule is [2H]C([2H])([2H])Oc1ccc(F)cc1C(=O)Nc1csc2c1CCNC2. The normalized spacial score (nSPS) is 16.3. The molecule has 0 aliphatic carbocycles. The quantitative estimate of drug-likeness (QED) is 0.916. The number of carbonyl (C=O) groups excluding carboxylic acids is 1. The Bertz CT molecular complexity index is 777. The minimum atomic E-state index is -2.72. The number of benzene rings is 1. The van der Waals surface area contributed by atoms with E-state index in [9.17, 15) is 9.18 Å². The zero-order valence-electron chi connectivity index (χ0n) is 14.0. The van der Waals surface area contributed by atoms with E-state index in [1.165, 1.54) is 11.3 Å². The molecule has 3 rings (SSSR count). The molecule has 1 aromatic heterocycles. The maximum Gasteiger partial charge on any atom is 0.259 e. The summed E-state index contributed by atoms with van der Waals surface area (Å²) in [6.07, 6.45) is 0.788. The van der Waals surface area contributed by atoms with E-state index in [1.807, 2.05) is 5.38 Å². The Kier molecular flexibility index (Phi) is 2.99. The van der Waals surface area contributed by atoms with Gasteiger partial charge in [-0.15, -0.1) is 11.3 Å². The Morgan fingerprint density at radius 1 is 1.57 bits per heavy atom. The molecule has 6 heteroatoms. The van der Waals surface area contributed by atoms with E-state index >= 15 is 0 Å². The first-order valence-electron chi connectivity index (χ1n) is 7.93. The third-order valence-corrected chi connectivity index (χ3v) is 4.39. The minimum absolute atomic E-state index is 0.153. The van der Waals surface area contributed by atoms with E-state index in [0.29, 0.717) is 5.69 Å². The van der Waals surface area contributed by atoms with Gasteiger partial charge in [0.05, 0.1) is 22.4 Å². The highest BCUT2D eigenvalue weighted by molar-refractivity contribution is 7.10. The molecule has 0 unspecified atom stereocenters. The molecule has 0 saturated heterocycles. The number of thiophene rings is 1. The summed E-state index contributed by atoms with van der Waals surface area (Å²) in [7, 11) is -2.72. The van der Waals surface area contributed by atoms with Crippen LogP contribution < -0.4 is 15.4 Å². The zero-order chi connectivity index (χ0) is 17.3. The molecule has 0 spiro atoms. The van der Waals surface area contributed by atoms with Crippen LogP contribution in [0.2, 0.25) is 0 Å². The predicted molar refractivity (Wildman–Crippen MR) is 80.6 cm³/mol. The molecule has 0 atom stereocenters. The molecule has 1 amide bonds. The topological polar surface area (TPSA) is 50.4 Å². The zero-order valence-corrected chi connectivity index (χ0v) is 11.8. The molecular weight excluding hydrogens is 291 g/mol. The standard InChI is InChI=1S/C15H15FN2O2S/c1-20-13-3-2-9(16)6-11(13)15(19)18-12-8-21-14-7-17-5-4-10(12)14/h2-3,6,8,17H,4-5,7H2,1H3,(H,18,19)/i1D3. The Labute approximate surface area is 130 Å². The Balaban J connectivity index is 1.87. The van der Waals surface area contributed by atoms with Crippen LogP contribution in [0.1, 0.15) is 24.9 Å². The van der Waals surface area contributed by atoms with Crippen LogP contribution in [0.15, 0.2) is 23.6 Å². The van der Waals surface area contributed by atoms with Gasteiger partial charge in [-0.3, -0.25) is 4.79 Å². The number of hydrogen-bond acceptors (Lipinski definition) is 4. The summed E-state index contributed by atoms with van der Waals surface area (Å²) in [5.41, 5.74) is 1.58. The average molecular weight is 309 g/mol. The van der Waals surface area contributed by atoms with Gasteiger partial charge in [0.25, 0.3) is 5.91 Å². The van der Waals surface area contributed by atoms with Crippen molar-refractivity contribution in [2.45, 2.75) is 13.0 Å². The summed E-state index contributed by atoms with van der Waals surface area (Å²) in [4.78, 5) is 13.7. The highest BCUT2D eigenvalue weighted by atomic mass is 32.1. The van der Waals surface area contributed by atoms with Gasteiger partial charge in [-0.25, -0.2) is 4.39 Å². The molecule has 1 aromatic carbocycles. The van der Waals surface area contributed by atoms with Crippen LogP contribution in [-0.4, -0.2) is 19.5 Å². The summed E-state index contributed by atoms with van der Waals surface area (Å²) in [5.74, 6) is -1.43. The van der Waals surface area contributed by atoms with Crippen LogP contribution in [0.3, 0.4) is 0 Å². The molecular formula is C15H15FN2O2S. The minimum Gasteiger partial charge on any atom is -0.496 e. The predicted octanol–water partition coefficient (Wildman–Crippen LogP) is 2.79. The van der Waals surface area contributed by atoms with Crippen molar-refractivity contribution >= 4 is 22.9 Å². The van der Waals surface area contributed by atoms with Crippen molar-refractivity contribution in [3.05, 3.63) is 45.4 Å². The van der Waals surface area contributed by atoms with Gasteiger partial charge >= 0.3 is 0 Å². The lowest BCUT2D eigenvalue weighted by atomic mass is 10.1. The number of halogens is 1. The fourth-order valence-electron chi connectivity index (χ4n) is 2.32. The summed E-state index contributed by atoms with van der Waals surface area (Å²) in [6.45, 7) is 1.57. The molecule has 0 fully saturated rings. The number of rotatable bonds is 3. The van der Waals surface area contributed by atoms with E-state index in [0.717, 1.165) is 48.2 Å². The monoisotopic (exact) mass is 309 g/mol. The molecule has 1 aliphatic rings. The van der Waals surface area contributed by atoms with Crippen LogP contribution >= 0.6 is 11.3 Å². The number of carbonyl (C=O) groups is 1. The van der Waals surface area contributed by atoms with Crippen LogP contribution in [-0.2, 0) is 13.0 Å². The lowest BCUT2D eigenvalue weighted by Crippen LogP contribution is -2.23. The van der Waals surface area contributed by atoms with Crippen molar-refractivity contribution < 1.29 is 18.0 Å². The van der Waals surface area contributed by atoms with Gasteiger partial charge in [0, 0.05) is 16.8 Å². The average Bonchev–Trinajstić information content (AvgIpc) is 2.91. The smallest absolute Gasteiger partial charge is 0.259 e. The van der Waals surface area contributed by atoms with Gasteiger partial charge in [-0.05, 0) is 36.7 Å². The molecule has 2 heterocycles. The van der Waals surface area contributed by atoms with Crippen LogP contribution in [0.25, 0.3) is 0 Å². The second-order valence-corrected chi connectivity index (χ2v) is 5.64. The molecule has 1 aliphatic heterocycles. The summed E-state index contributed by atoms with van der Waals surface area (Å²) < 4.78 is 39.8. The molecule has 21 heavy (non-hydrogen) atoms. The van der Waals surface area contributed by atoms with E-state index in [1.54, 1.807) is 0 Å². The van der Waals surface area contributed by atoms with Crippen LogP contribution in [0, 0.1) is 5.82 Å². The number of hydrogen-bond donors (Lipinski definition) is 2. The summed E-state index contributed by atoms with van der Waals surface area (Å²) in [6, 6.07) is 3.16. The maximum atomic E-state index is 13.5. The van der Waals surface area contributed by atoms with Gasteiger partial charge in [-0.2, -0.15) is 0 Å². The molecule has 4 nitrogen and oxygen atoms in total. The van der Waals surface area contributed by atoms with Gasteiger partial charge in [0.1, 0.15) is 11.6 Å². The second kappa shape index (κ2) is 5.83. The fraction of sp³-hybridized carbons (Fsp3) is 0.267. The molecule has 2 aromatic rings. The number of ether oxygens (including phenoxy) is 1.